The largest absolute Gasteiger partial charge is 0.383 e. The van der Waals surface area contributed by atoms with Crippen LogP contribution in [-0.2, 0) is 0 Å². The first-order chi connectivity index (χ1) is 8.83. The van der Waals surface area contributed by atoms with Gasteiger partial charge in [0.2, 0.25) is 5.69 Å². The quantitative estimate of drug-likeness (QED) is 0.519. The van der Waals surface area contributed by atoms with Crippen molar-refractivity contribution in [1.82, 2.24) is 4.85 Å². The standard InChI is InChI=1S/C14H10N3O/c15-10-14-12-8-4-5-9-13(12)17(18)16(14)11-6-2-1-3-7-11/h1-9,18H/q+1. The average Bonchev–Trinajstić information content (AvgIpc) is 2.73. The minimum absolute atomic E-state index is 0.416. The molecule has 0 unspecified atom stereocenters. The highest BCUT2D eigenvalue weighted by Gasteiger charge is 2.26. The molecule has 0 spiro atoms. The third kappa shape index (κ3) is 1.35. The Kier molecular flexibility index (Phi) is 2.24. The van der Waals surface area contributed by atoms with Crippen LogP contribution in [0.15, 0.2) is 54.6 Å². The Balaban J connectivity index is 2.43. The molecule has 86 valence electrons. The van der Waals surface area contributed by atoms with E-state index < -0.39 is 0 Å². The zero-order valence-corrected chi connectivity index (χ0v) is 9.49. The number of nitriles is 1. The third-order valence-corrected chi connectivity index (χ3v) is 2.88. The summed E-state index contributed by atoms with van der Waals surface area (Å²) in [6.07, 6.45) is 0. The van der Waals surface area contributed by atoms with Crippen LogP contribution in [0, 0.1) is 11.3 Å². The van der Waals surface area contributed by atoms with Crippen LogP contribution >= 0.6 is 0 Å². The van der Waals surface area contributed by atoms with Gasteiger partial charge >= 0.3 is 5.69 Å². The number of para-hydroxylation sites is 2. The van der Waals surface area contributed by atoms with Gasteiger partial charge in [0.15, 0.2) is 11.6 Å². The Hall–Kier alpha value is -2.80. The summed E-state index contributed by atoms with van der Waals surface area (Å²) in [7, 11) is 0. The molecule has 0 aliphatic rings. The first kappa shape index (κ1) is 10.4. The van der Waals surface area contributed by atoms with E-state index in [1.54, 1.807) is 6.07 Å². The summed E-state index contributed by atoms with van der Waals surface area (Å²) in [5.74, 6) is 0. The zero-order chi connectivity index (χ0) is 12.5. The molecule has 1 N–H and O–H groups in total. The molecule has 4 heteroatoms. The Morgan fingerprint density at radius 3 is 2.39 bits per heavy atom. The monoisotopic (exact) mass is 236 g/mol. The molecule has 0 aliphatic carbocycles. The summed E-state index contributed by atoms with van der Waals surface area (Å²) in [4.78, 5) is 1.00. The maximum atomic E-state index is 10.2. The van der Waals surface area contributed by atoms with Crippen molar-refractivity contribution in [1.29, 1.82) is 5.26 Å². The van der Waals surface area contributed by atoms with Crippen LogP contribution in [0.5, 0.6) is 0 Å². The second-order valence-corrected chi connectivity index (χ2v) is 3.91. The van der Waals surface area contributed by atoms with Crippen molar-refractivity contribution in [2.24, 2.45) is 0 Å². The van der Waals surface area contributed by atoms with Gasteiger partial charge in [0.05, 0.1) is 5.39 Å². The molecular weight excluding hydrogens is 226 g/mol. The minimum Gasteiger partial charge on any atom is -0.383 e. The zero-order valence-electron chi connectivity index (χ0n) is 9.49. The Labute approximate surface area is 103 Å². The number of benzene rings is 2. The lowest BCUT2D eigenvalue weighted by Crippen LogP contribution is -2.42. The highest BCUT2D eigenvalue weighted by Crippen LogP contribution is 2.16. The third-order valence-electron chi connectivity index (χ3n) is 2.88. The molecule has 3 rings (SSSR count). The second kappa shape index (κ2) is 3.90. The lowest BCUT2D eigenvalue weighted by molar-refractivity contribution is -0.715. The first-order valence-corrected chi connectivity index (χ1v) is 5.53. The Morgan fingerprint density at radius 2 is 1.67 bits per heavy atom. The highest BCUT2D eigenvalue weighted by molar-refractivity contribution is 5.82. The maximum absolute atomic E-state index is 10.2. The van der Waals surface area contributed by atoms with Crippen LogP contribution < -0.4 is 4.68 Å². The summed E-state index contributed by atoms with van der Waals surface area (Å²) >= 11 is 0. The molecule has 18 heavy (non-hydrogen) atoms. The normalized spacial score (nSPS) is 10.4. The van der Waals surface area contributed by atoms with Crippen molar-refractivity contribution in [3.63, 3.8) is 0 Å². The maximum Gasteiger partial charge on any atom is 0.326 e. The molecule has 0 radical (unpaired) electrons. The van der Waals surface area contributed by atoms with Gasteiger partial charge in [0.1, 0.15) is 0 Å². The van der Waals surface area contributed by atoms with Gasteiger partial charge in [-0.15, -0.1) is 0 Å². The summed E-state index contributed by atoms with van der Waals surface area (Å²) in [5.41, 5.74) is 1.77. The lowest BCUT2D eigenvalue weighted by atomic mass is 10.2. The van der Waals surface area contributed by atoms with Crippen LogP contribution in [0.25, 0.3) is 16.6 Å². The molecule has 0 aliphatic heterocycles. The average molecular weight is 236 g/mol. The van der Waals surface area contributed by atoms with E-state index in [2.05, 4.69) is 6.07 Å². The number of hydrogen-bond acceptors (Lipinski definition) is 2. The molecule has 0 bridgehead atoms. The smallest absolute Gasteiger partial charge is 0.326 e. The lowest BCUT2D eigenvalue weighted by Gasteiger charge is -1.94. The second-order valence-electron chi connectivity index (χ2n) is 3.91. The van der Waals surface area contributed by atoms with Crippen molar-refractivity contribution < 1.29 is 9.89 Å². The minimum atomic E-state index is 0.416. The Morgan fingerprint density at radius 1 is 1.00 bits per heavy atom. The number of aromatic nitrogens is 2. The van der Waals surface area contributed by atoms with E-state index in [-0.39, 0.29) is 0 Å². The van der Waals surface area contributed by atoms with Crippen LogP contribution in [0.3, 0.4) is 0 Å². The first-order valence-electron chi connectivity index (χ1n) is 5.53. The molecule has 0 saturated carbocycles. The SMILES string of the molecule is N#Cc1c2ccccc2n(O)[n+]1-c1ccccc1. The van der Waals surface area contributed by atoms with Crippen LogP contribution in [0.4, 0.5) is 0 Å². The van der Waals surface area contributed by atoms with Crippen molar-refractivity contribution in [2.45, 2.75) is 0 Å². The number of hydrogen-bond donors (Lipinski definition) is 1. The van der Waals surface area contributed by atoms with E-state index in [0.717, 1.165) is 15.9 Å². The van der Waals surface area contributed by atoms with E-state index in [9.17, 15) is 10.5 Å². The topological polar surface area (TPSA) is 52.8 Å². The van der Waals surface area contributed by atoms with Gasteiger partial charge in [-0.1, -0.05) is 30.3 Å². The number of nitrogens with zero attached hydrogens (tertiary/aromatic N) is 3. The highest BCUT2D eigenvalue weighted by atomic mass is 16.5. The van der Waals surface area contributed by atoms with Crippen LogP contribution in [-0.4, -0.2) is 10.1 Å². The van der Waals surface area contributed by atoms with Gasteiger partial charge < -0.3 is 5.21 Å². The summed E-state index contributed by atoms with van der Waals surface area (Å²) < 4.78 is 1.49. The number of rotatable bonds is 1. The molecule has 1 aromatic heterocycles. The fourth-order valence-electron chi connectivity index (χ4n) is 2.08. The summed E-state index contributed by atoms with van der Waals surface area (Å²) in [6, 6.07) is 18.7. The van der Waals surface area contributed by atoms with E-state index in [1.165, 1.54) is 4.68 Å². The predicted octanol–water partition coefficient (Wildman–Crippen LogP) is 2.03. The van der Waals surface area contributed by atoms with Gasteiger partial charge in [-0.05, 0) is 16.8 Å². The van der Waals surface area contributed by atoms with E-state index in [1.807, 2.05) is 48.5 Å². The van der Waals surface area contributed by atoms with Gasteiger partial charge in [-0.2, -0.15) is 5.26 Å². The molecule has 3 aromatic rings. The van der Waals surface area contributed by atoms with E-state index in [0.29, 0.717) is 11.2 Å². The van der Waals surface area contributed by atoms with E-state index >= 15 is 0 Å². The van der Waals surface area contributed by atoms with Crippen molar-refractivity contribution in [3.05, 3.63) is 60.3 Å². The molecule has 0 fully saturated rings. The van der Waals surface area contributed by atoms with Crippen LogP contribution in [0.2, 0.25) is 0 Å². The predicted molar refractivity (Wildman–Crippen MR) is 65.4 cm³/mol. The Bertz CT molecular complexity index is 754. The molecular formula is C14H10N3O+. The van der Waals surface area contributed by atoms with Gasteiger partial charge in [0, 0.05) is 17.0 Å². The summed E-state index contributed by atoms with van der Waals surface area (Å²) in [6.45, 7) is 0. The molecule has 1 heterocycles. The molecule has 0 amide bonds. The fourth-order valence-corrected chi connectivity index (χ4v) is 2.08. The molecule has 0 atom stereocenters. The van der Waals surface area contributed by atoms with Gasteiger partial charge in [-0.25, -0.2) is 0 Å². The van der Waals surface area contributed by atoms with Crippen molar-refractivity contribution in [2.75, 3.05) is 0 Å². The van der Waals surface area contributed by atoms with Crippen LogP contribution in [0.1, 0.15) is 5.69 Å². The summed E-state index contributed by atoms with van der Waals surface area (Å²) in [5, 5.41) is 20.2. The van der Waals surface area contributed by atoms with Gasteiger partial charge in [-0.3, -0.25) is 0 Å². The fraction of sp³-hybridized carbons (Fsp3) is 0. The van der Waals surface area contributed by atoms with Crippen molar-refractivity contribution in [3.8, 4) is 11.8 Å². The van der Waals surface area contributed by atoms with E-state index in [4.69, 9.17) is 0 Å². The molecule has 2 aromatic carbocycles. The van der Waals surface area contributed by atoms with Crippen molar-refractivity contribution >= 4 is 10.9 Å². The van der Waals surface area contributed by atoms with Gasteiger partial charge in [0.25, 0.3) is 0 Å². The molecule has 0 saturated heterocycles. The number of fused-ring (bicyclic) bond motifs is 1. The molecule has 4 nitrogen and oxygen atoms in total.